The van der Waals surface area contributed by atoms with Crippen molar-refractivity contribution in [2.75, 3.05) is 0 Å². The van der Waals surface area contributed by atoms with Crippen LogP contribution in [0.4, 0.5) is 0 Å². The zero-order valence-electron chi connectivity index (χ0n) is 16.6. The Morgan fingerprint density at radius 1 is 0.870 bits per heavy atom. The molecule has 0 aliphatic heterocycles. The summed E-state index contributed by atoms with van der Waals surface area (Å²) in [5, 5.41) is 0. The Balaban J connectivity index is 4.13. The van der Waals surface area contributed by atoms with Gasteiger partial charge in [-0.25, -0.2) is 0 Å². The number of hydrogen-bond acceptors (Lipinski definition) is 2. The molecule has 0 saturated heterocycles. The van der Waals surface area contributed by atoms with E-state index in [1.54, 1.807) is 0 Å². The van der Waals surface area contributed by atoms with Crippen LogP contribution >= 0.6 is 15.9 Å². The Morgan fingerprint density at radius 3 is 1.65 bits per heavy atom. The van der Waals surface area contributed by atoms with Gasteiger partial charge in [0.25, 0.3) is 0 Å². The third-order valence-electron chi connectivity index (χ3n) is 4.64. The van der Waals surface area contributed by atoms with Crippen LogP contribution < -0.4 is 0 Å². The van der Waals surface area contributed by atoms with Crippen molar-refractivity contribution in [3.05, 3.63) is 0 Å². The summed E-state index contributed by atoms with van der Waals surface area (Å²) < 4.78 is 4.94. The molecule has 0 aromatic rings. The van der Waals surface area contributed by atoms with Gasteiger partial charge in [0, 0.05) is 0 Å². The van der Waals surface area contributed by atoms with E-state index >= 15 is 0 Å². The summed E-state index contributed by atoms with van der Waals surface area (Å²) in [5.41, 5.74) is 0. The summed E-state index contributed by atoms with van der Waals surface area (Å²) >= 11 is 3.36. The van der Waals surface area contributed by atoms with Crippen LogP contribution in [0, 0.1) is 23.7 Å². The van der Waals surface area contributed by atoms with Gasteiger partial charge >= 0.3 is 5.97 Å². The van der Waals surface area contributed by atoms with Gasteiger partial charge in [0.2, 0.25) is 0 Å². The highest BCUT2D eigenvalue weighted by molar-refractivity contribution is 9.10. The third-order valence-corrected chi connectivity index (χ3v) is 4.96. The number of carbonyl (C=O) groups is 1. The first-order valence-electron chi connectivity index (χ1n) is 9.35. The molecule has 0 saturated carbocycles. The van der Waals surface area contributed by atoms with Crippen molar-refractivity contribution < 1.29 is 9.53 Å². The maximum Gasteiger partial charge on any atom is 0.322 e. The highest BCUT2D eigenvalue weighted by atomic mass is 79.9. The van der Waals surface area contributed by atoms with E-state index in [2.05, 4.69) is 50.5 Å². The molecule has 2 nitrogen and oxygen atoms in total. The molecule has 0 heterocycles. The lowest BCUT2D eigenvalue weighted by Crippen LogP contribution is -2.30. The van der Waals surface area contributed by atoms with Gasteiger partial charge in [0.15, 0.2) is 0 Å². The minimum Gasteiger partial charge on any atom is -0.462 e. The molecule has 0 amide bonds. The van der Waals surface area contributed by atoms with Gasteiger partial charge in [-0.05, 0) is 70.1 Å². The zero-order valence-corrected chi connectivity index (χ0v) is 18.2. The van der Waals surface area contributed by atoms with Gasteiger partial charge < -0.3 is 4.74 Å². The van der Waals surface area contributed by atoms with Crippen molar-refractivity contribution in [3.8, 4) is 0 Å². The van der Waals surface area contributed by atoms with Crippen LogP contribution in [0.3, 0.4) is 0 Å². The van der Waals surface area contributed by atoms with E-state index in [0.717, 1.165) is 24.2 Å². The maximum atomic E-state index is 11.9. The number of alkyl halides is 1. The summed E-state index contributed by atoms with van der Waals surface area (Å²) in [6.07, 6.45) is 6.06. The van der Waals surface area contributed by atoms with Gasteiger partial charge in [0.1, 0.15) is 4.32 Å². The highest BCUT2D eigenvalue weighted by Gasteiger charge is 2.27. The number of carbonyl (C=O) groups excluding carboxylic acids is 1. The van der Waals surface area contributed by atoms with Gasteiger partial charge in [-0.1, -0.05) is 57.0 Å². The van der Waals surface area contributed by atoms with Crippen LogP contribution in [0.2, 0.25) is 0 Å². The number of hydrogen-bond donors (Lipinski definition) is 0. The normalized spacial score (nSPS) is 18.8. The second kappa shape index (κ2) is 10.7. The fourth-order valence-corrected chi connectivity index (χ4v) is 3.55. The Bertz CT molecular complexity index is 335. The molecule has 5 atom stereocenters. The summed E-state index contributed by atoms with van der Waals surface area (Å²) in [6.45, 7) is 17.3. The van der Waals surface area contributed by atoms with Crippen molar-refractivity contribution in [1.82, 2.24) is 0 Å². The molecule has 3 heteroatoms. The largest absolute Gasteiger partial charge is 0.462 e. The number of rotatable bonds is 11. The summed E-state index contributed by atoms with van der Waals surface area (Å²) in [6, 6.07) is 0. The van der Waals surface area contributed by atoms with Crippen molar-refractivity contribution in [1.29, 1.82) is 0 Å². The number of halogens is 1. The van der Waals surface area contributed by atoms with Crippen LogP contribution in [-0.2, 0) is 9.53 Å². The molecule has 0 spiro atoms. The van der Waals surface area contributed by atoms with E-state index in [-0.39, 0.29) is 12.1 Å². The average molecular weight is 391 g/mol. The van der Waals surface area contributed by atoms with E-state index in [1.165, 1.54) is 25.7 Å². The smallest absolute Gasteiger partial charge is 0.322 e. The summed E-state index contributed by atoms with van der Waals surface area (Å²) in [7, 11) is 0. The Morgan fingerprint density at radius 2 is 1.26 bits per heavy atom. The van der Waals surface area contributed by atoms with Crippen molar-refractivity contribution >= 4 is 21.9 Å². The molecule has 138 valence electrons. The van der Waals surface area contributed by atoms with Crippen LogP contribution in [0.1, 0.15) is 87.5 Å². The minimum atomic E-state index is -0.594. The predicted molar refractivity (Wildman–Crippen MR) is 104 cm³/mol. The molecule has 0 radical (unpaired) electrons. The second-order valence-corrected chi connectivity index (χ2v) is 10.4. The summed E-state index contributed by atoms with van der Waals surface area (Å²) in [4.78, 5) is 11.9. The Kier molecular flexibility index (Phi) is 10.7. The second-order valence-electron chi connectivity index (χ2n) is 8.46. The molecule has 0 aliphatic rings. The Labute approximate surface area is 153 Å². The van der Waals surface area contributed by atoms with E-state index in [1.807, 2.05) is 20.8 Å². The fourth-order valence-electron chi connectivity index (χ4n) is 3.45. The monoisotopic (exact) mass is 390 g/mol. The van der Waals surface area contributed by atoms with Gasteiger partial charge in [-0.3, -0.25) is 4.79 Å². The zero-order chi connectivity index (χ0) is 18.2. The fraction of sp³-hybridized carbons (Fsp3) is 0.950. The van der Waals surface area contributed by atoms with E-state index < -0.39 is 4.32 Å². The molecular weight excluding hydrogens is 352 g/mol. The highest BCUT2D eigenvalue weighted by Crippen LogP contribution is 2.27. The predicted octanol–water partition coefficient (Wildman–Crippen LogP) is 6.61. The lowest BCUT2D eigenvalue weighted by atomic mass is 9.84. The molecule has 0 bridgehead atoms. The van der Waals surface area contributed by atoms with E-state index in [4.69, 9.17) is 4.74 Å². The first-order valence-corrected chi connectivity index (χ1v) is 10.1. The van der Waals surface area contributed by atoms with Crippen molar-refractivity contribution in [2.24, 2.45) is 23.7 Å². The molecule has 5 unspecified atom stereocenters. The third kappa shape index (κ3) is 11.2. The van der Waals surface area contributed by atoms with E-state index in [0.29, 0.717) is 5.92 Å². The molecule has 0 aromatic carbocycles. The first-order chi connectivity index (χ1) is 10.5. The maximum absolute atomic E-state index is 11.9. The van der Waals surface area contributed by atoms with Crippen LogP contribution in [-0.4, -0.2) is 16.4 Å². The lowest BCUT2D eigenvalue weighted by Gasteiger charge is -2.25. The molecule has 0 N–H and O–H groups in total. The van der Waals surface area contributed by atoms with E-state index in [9.17, 15) is 4.79 Å². The quantitative estimate of drug-likeness (QED) is 0.293. The molecule has 0 fully saturated rings. The standard InChI is InChI=1S/C20H39BrO2/c1-9-14(2)10-15(3)11-16(4)12-17(5)13-18(6)23-19(22)20(7,8)21/h14-18H,9-13H2,1-8H3. The molecule has 0 rings (SSSR count). The molecular formula is C20H39BrO2. The molecule has 23 heavy (non-hydrogen) atoms. The van der Waals surface area contributed by atoms with Crippen molar-refractivity contribution in [2.45, 2.75) is 97.9 Å². The number of ether oxygens (including phenoxy) is 1. The summed E-state index contributed by atoms with van der Waals surface area (Å²) in [5.74, 6) is 2.78. The molecule has 0 aromatic heterocycles. The number of esters is 1. The lowest BCUT2D eigenvalue weighted by molar-refractivity contribution is -0.150. The van der Waals surface area contributed by atoms with Gasteiger partial charge in [-0.15, -0.1) is 0 Å². The van der Waals surface area contributed by atoms with Gasteiger partial charge in [0.05, 0.1) is 6.10 Å². The Hall–Kier alpha value is -0.0500. The van der Waals surface area contributed by atoms with Crippen LogP contribution in [0.15, 0.2) is 0 Å². The average Bonchev–Trinajstić information content (AvgIpc) is 2.35. The van der Waals surface area contributed by atoms with Crippen LogP contribution in [0.25, 0.3) is 0 Å². The van der Waals surface area contributed by atoms with Crippen LogP contribution in [0.5, 0.6) is 0 Å². The van der Waals surface area contributed by atoms with Crippen molar-refractivity contribution in [3.63, 3.8) is 0 Å². The van der Waals surface area contributed by atoms with Gasteiger partial charge in [-0.2, -0.15) is 0 Å². The first kappa shape index (κ1) is 22.9. The molecule has 0 aliphatic carbocycles. The topological polar surface area (TPSA) is 26.3 Å². The minimum absolute atomic E-state index is 0.0148. The SMILES string of the molecule is CCC(C)CC(C)CC(C)CC(C)CC(C)OC(=O)C(C)(C)Br.